The molecule has 4 heterocycles. The fourth-order valence-electron chi connectivity index (χ4n) is 3.47. The zero-order valence-electron chi connectivity index (χ0n) is 16.6. The maximum atomic E-state index is 13.1. The summed E-state index contributed by atoms with van der Waals surface area (Å²) in [6.45, 7) is 1.68. The number of rotatable bonds is 5. The molecule has 1 aliphatic heterocycles. The van der Waals surface area contributed by atoms with E-state index in [0.29, 0.717) is 17.9 Å². The van der Waals surface area contributed by atoms with Crippen molar-refractivity contribution in [2.75, 3.05) is 0 Å². The van der Waals surface area contributed by atoms with Gasteiger partial charge in [-0.2, -0.15) is 9.78 Å². The molecule has 0 fully saturated rings. The summed E-state index contributed by atoms with van der Waals surface area (Å²) in [5.74, 6) is -0.239. The molecular formula is C22H18N4O5. The third-order valence-electron chi connectivity index (χ3n) is 5.05. The van der Waals surface area contributed by atoms with Crippen LogP contribution in [-0.2, 0) is 11.3 Å². The van der Waals surface area contributed by atoms with E-state index in [2.05, 4.69) is 10.2 Å². The number of benzene rings is 1. The molecule has 31 heavy (non-hydrogen) atoms. The van der Waals surface area contributed by atoms with Crippen molar-refractivity contribution in [2.45, 2.75) is 25.9 Å². The average molecular weight is 418 g/mol. The number of nitrogens with zero attached hydrogens (tertiary/aromatic N) is 4. The smallest absolute Gasteiger partial charge is 0.437 e. The lowest BCUT2D eigenvalue weighted by molar-refractivity contribution is -0.134. The number of carbonyl (C=O) groups is 1. The highest BCUT2D eigenvalue weighted by Gasteiger charge is 2.35. The normalized spacial score (nSPS) is 16.0. The average Bonchev–Trinajstić information content (AvgIpc) is 3.55. The molecule has 5 rings (SSSR count). The summed E-state index contributed by atoms with van der Waals surface area (Å²) in [7, 11) is 0. The van der Waals surface area contributed by atoms with Crippen molar-refractivity contribution >= 4 is 11.6 Å². The van der Waals surface area contributed by atoms with Crippen LogP contribution in [0.25, 0.3) is 11.7 Å². The van der Waals surface area contributed by atoms with Crippen molar-refractivity contribution in [1.82, 2.24) is 14.8 Å². The number of hydrazone groups is 1. The zero-order chi connectivity index (χ0) is 21.4. The van der Waals surface area contributed by atoms with Crippen LogP contribution in [0.2, 0.25) is 0 Å². The van der Waals surface area contributed by atoms with E-state index in [1.165, 1.54) is 11.3 Å². The fourth-order valence-corrected chi connectivity index (χ4v) is 3.47. The lowest BCUT2D eigenvalue weighted by Gasteiger charge is -2.19. The minimum Gasteiger partial charge on any atom is -0.467 e. The highest BCUT2D eigenvalue weighted by Crippen LogP contribution is 2.33. The van der Waals surface area contributed by atoms with Gasteiger partial charge in [-0.1, -0.05) is 29.8 Å². The van der Waals surface area contributed by atoms with E-state index in [-0.39, 0.29) is 12.4 Å². The first-order valence-electron chi connectivity index (χ1n) is 9.70. The van der Waals surface area contributed by atoms with Crippen LogP contribution in [0.1, 0.15) is 29.3 Å². The summed E-state index contributed by atoms with van der Waals surface area (Å²) in [4.78, 5) is 25.3. The molecule has 0 N–H and O–H groups in total. The van der Waals surface area contributed by atoms with Crippen LogP contribution < -0.4 is 5.76 Å². The maximum absolute atomic E-state index is 13.1. The van der Waals surface area contributed by atoms with Gasteiger partial charge in [-0.15, -0.1) is 5.10 Å². The van der Waals surface area contributed by atoms with Gasteiger partial charge in [0.2, 0.25) is 0 Å². The predicted molar refractivity (Wildman–Crippen MR) is 109 cm³/mol. The number of furan rings is 2. The second-order valence-electron chi connectivity index (χ2n) is 7.19. The Labute approximate surface area is 176 Å². The molecular weight excluding hydrogens is 400 g/mol. The van der Waals surface area contributed by atoms with Gasteiger partial charge in [0.1, 0.15) is 18.3 Å². The van der Waals surface area contributed by atoms with Gasteiger partial charge < -0.3 is 13.3 Å². The molecule has 1 aromatic carbocycles. The molecule has 0 radical (unpaired) electrons. The number of hydrogen-bond donors (Lipinski definition) is 0. The van der Waals surface area contributed by atoms with E-state index in [0.717, 1.165) is 21.5 Å². The van der Waals surface area contributed by atoms with E-state index in [4.69, 9.17) is 13.3 Å². The Morgan fingerprint density at radius 2 is 1.87 bits per heavy atom. The summed E-state index contributed by atoms with van der Waals surface area (Å²) in [6, 6.07) is 14.4. The first-order chi connectivity index (χ1) is 15.1. The largest absolute Gasteiger partial charge is 0.467 e. The molecule has 9 heteroatoms. The van der Waals surface area contributed by atoms with E-state index in [1.54, 1.807) is 30.5 Å². The van der Waals surface area contributed by atoms with E-state index < -0.39 is 17.7 Å². The SMILES string of the molecule is Cc1ccc(C2=NN(C(=O)Cn3nc(-c4ccco4)oc3=O)C(c3ccco3)C2)cc1. The zero-order valence-corrected chi connectivity index (χ0v) is 16.6. The molecule has 1 unspecified atom stereocenters. The first-order valence-corrected chi connectivity index (χ1v) is 9.70. The number of amides is 1. The summed E-state index contributed by atoms with van der Waals surface area (Å²) < 4.78 is 16.8. The van der Waals surface area contributed by atoms with Gasteiger partial charge in [-0.05, 0) is 36.8 Å². The molecule has 156 valence electrons. The third kappa shape index (κ3) is 3.61. The lowest BCUT2D eigenvalue weighted by Crippen LogP contribution is -2.33. The Hall–Kier alpha value is -4.14. The molecule has 0 aliphatic carbocycles. The molecule has 0 spiro atoms. The van der Waals surface area contributed by atoms with Gasteiger partial charge in [0.05, 0.1) is 18.2 Å². The molecule has 1 atom stereocenters. The Bertz CT molecular complexity index is 1280. The quantitative estimate of drug-likeness (QED) is 0.492. The van der Waals surface area contributed by atoms with Crippen molar-refractivity contribution in [3.05, 3.63) is 88.5 Å². The number of aromatic nitrogens is 2. The molecule has 1 amide bonds. The van der Waals surface area contributed by atoms with Crippen LogP contribution in [-0.4, -0.2) is 26.4 Å². The molecule has 3 aromatic heterocycles. The van der Waals surface area contributed by atoms with Crippen LogP contribution in [0, 0.1) is 6.92 Å². The Kier molecular flexibility index (Phi) is 4.62. The summed E-state index contributed by atoms with van der Waals surface area (Å²) >= 11 is 0. The van der Waals surface area contributed by atoms with Crippen molar-refractivity contribution < 1.29 is 18.0 Å². The van der Waals surface area contributed by atoms with Crippen LogP contribution in [0.4, 0.5) is 0 Å². The van der Waals surface area contributed by atoms with E-state index in [1.807, 2.05) is 31.2 Å². The monoisotopic (exact) mass is 418 g/mol. The minimum absolute atomic E-state index is 0.00986. The van der Waals surface area contributed by atoms with Crippen molar-refractivity contribution in [2.24, 2.45) is 5.10 Å². The van der Waals surface area contributed by atoms with Crippen molar-refractivity contribution in [3.8, 4) is 11.7 Å². The summed E-state index contributed by atoms with van der Waals surface area (Å²) in [5, 5.41) is 9.97. The molecule has 4 aromatic rings. The van der Waals surface area contributed by atoms with Crippen LogP contribution in [0.5, 0.6) is 0 Å². The summed E-state index contributed by atoms with van der Waals surface area (Å²) in [5.41, 5.74) is 2.82. The summed E-state index contributed by atoms with van der Waals surface area (Å²) in [6.07, 6.45) is 3.49. The second-order valence-corrected chi connectivity index (χ2v) is 7.19. The van der Waals surface area contributed by atoms with Crippen LogP contribution in [0.3, 0.4) is 0 Å². The Balaban J connectivity index is 1.43. The Morgan fingerprint density at radius 1 is 1.10 bits per heavy atom. The van der Waals surface area contributed by atoms with Gasteiger partial charge in [-0.25, -0.2) is 9.80 Å². The van der Waals surface area contributed by atoms with E-state index in [9.17, 15) is 9.59 Å². The molecule has 0 bridgehead atoms. The van der Waals surface area contributed by atoms with Gasteiger partial charge in [0.15, 0.2) is 5.76 Å². The molecule has 0 saturated carbocycles. The van der Waals surface area contributed by atoms with Crippen molar-refractivity contribution in [3.63, 3.8) is 0 Å². The van der Waals surface area contributed by atoms with E-state index >= 15 is 0 Å². The lowest BCUT2D eigenvalue weighted by atomic mass is 10.0. The minimum atomic E-state index is -0.753. The number of carbonyl (C=O) groups excluding carboxylic acids is 1. The van der Waals surface area contributed by atoms with Crippen LogP contribution in [0.15, 0.2) is 84.2 Å². The van der Waals surface area contributed by atoms with Gasteiger partial charge in [0, 0.05) is 6.42 Å². The highest BCUT2D eigenvalue weighted by molar-refractivity contribution is 6.03. The first kappa shape index (κ1) is 18.9. The number of hydrogen-bond acceptors (Lipinski definition) is 7. The molecule has 1 aliphatic rings. The molecule has 0 saturated heterocycles. The van der Waals surface area contributed by atoms with Crippen LogP contribution >= 0.6 is 0 Å². The maximum Gasteiger partial charge on any atom is 0.437 e. The third-order valence-corrected chi connectivity index (χ3v) is 5.05. The molecule has 9 nitrogen and oxygen atoms in total. The van der Waals surface area contributed by atoms with Gasteiger partial charge in [-0.3, -0.25) is 4.79 Å². The Morgan fingerprint density at radius 3 is 2.58 bits per heavy atom. The predicted octanol–water partition coefficient (Wildman–Crippen LogP) is 3.38. The van der Waals surface area contributed by atoms with Gasteiger partial charge in [0.25, 0.3) is 11.8 Å². The fraction of sp³-hybridized carbons (Fsp3) is 0.182. The van der Waals surface area contributed by atoms with Crippen molar-refractivity contribution in [1.29, 1.82) is 0 Å². The highest BCUT2D eigenvalue weighted by atomic mass is 16.4. The van der Waals surface area contributed by atoms with Gasteiger partial charge >= 0.3 is 5.76 Å². The number of aryl methyl sites for hydroxylation is 1. The standard InChI is InChI=1S/C22H18N4O5/c1-14-6-8-15(9-7-14)16-12-17(18-4-2-10-29-18)26(23-16)20(27)13-25-22(28)31-21(24-25)19-5-3-11-30-19/h2-11,17H,12-13H2,1H3. The topological polar surface area (TPSA) is 107 Å². The second kappa shape index (κ2) is 7.60.